The zero-order chi connectivity index (χ0) is 85.0. The van der Waals surface area contributed by atoms with Crippen LogP contribution >= 0.6 is 23.2 Å². The van der Waals surface area contributed by atoms with Gasteiger partial charge in [0.2, 0.25) is 35.4 Å². The Morgan fingerprint density at radius 1 is 0.473 bits per heavy atom. The Balaban J connectivity index is 0.000000855. The molecule has 618 valence electrons. The number of allylic oxidation sites excluding steroid dienone is 14. The van der Waals surface area contributed by atoms with Crippen molar-refractivity contribution < 1.29 is 90.6 Å². The third-order valence-corrected chi connectivity index (χ3v) is 16.9. The summed E-state index contributed by atoms with van der Waals surface area (Å²) in [5.41, 5.74) is 17.4. The molecule has 11 atom stereocenters. The Labute approximate surface area is 670 Å². The number of primary amides is 3. The van der Waals surface area contributed by atoms with Gasteiger partial charge in [0.15, 0.2) is 17.3 Å². The Kier molecular flexibility index (Phi) is 46.2. The molecule has 112 heavy (non-hydrogen) atoms. The van der Waals surface area contributed by atoms with Gasteiger partial charge in [0.1, 0.15) is 48.6 Å². The standard InChI is InChI=1S/C31H44ClN3O7.C30H42ClN3O7.C22H32N2O5/c1-20(19-21(2)24-16-17-25(40-7)29(38)42-24)11-8-9-13-26(36)35-27(31(4,5)6)28(37)34-18-10-12-23(41-30(33)39)15-14-22(3)32;1-19(2)27(28(36)33-17-9-11-23(40-30(32)38)14-13-22(5)31)34-26(35)12-8-7-10-20(3)18-21(4)24-15-16-25(39-6)29(37)41-24;1-14(13-15(2)16-11-12-17(28-6)21(27)29-16)9-7-8-10-18(25)24-19(20(23)26)22(3,4)5/h8-11,13-14,17-19,21,23-24,27H,12,15-16H2,1-7H3,(H2,33,39)(H,34,37)(H,35,36);7-10,12-13,16-19,21,23-24,27H,11,14-15H2,1-6H3,(H2,32,38)(H,33,36)(H,34,35);7-10,12-13,15-16,19H,11H2,1-6H3,(H2,23,26)(H,24,25)/b11-8-,13-9+,18-10-,20-19+,22-14+;10-7+,12-8-,17-9-,20-18+,22-13+;9-7-,10-8-,14-13+. The highest BCUT2D eigenvalue weighted by molar-refractivity contribution is 6.29. The van der Waals surface area contributed by atoms with Crippen LogP contribution in [0.15, 0.2) is 190 Å². The molecule has 3 aliphatic rings. The van der Waals surface area contributed by atoms with Crippen molar-refractivity contribution >= 4 is 88.7 Å². The summed E-state index contributed by atoms with van der Waals surface area (Å²) in [6, 6.07) is -2.35. The summed E-state index contributed by atoms with van der Waals surface area (Å²) in [7, 11) is 4.31. The average molecular weight is 1600 g/mol. The zero-order valence-electron chi connectivity index (χ0n) is 68.0. The summed E-state index contributed by atoms with van der Waals surface area (Å²) in [5.74, 6) is -3.49. The van der Waals surface area contributed by atoms with E-state index in [1.807, 2.05) is 133 Å². The molecule has 0 fully saturated rings. The van der Waals surface area contributed by atoms with Crippen LogP contribution in [0.2, 0.25) is 0 Å². The molecular weight excluding hydrogens is 1480 g/mol. The minimum absolute atomic E-state index is 0.0156. The predicted molar refractivity (Wildman–Crippen MR) is 432 cm³/mol. The largest absolute Gasteiger partial charge is 0.490 e. The van der Waals surface area contributed by atoms with E-state index in [2.05, 4.69) is 26.6 Å². The molecule has 0 saturated heterocycles. The molecule has 3 rings (SSSR count). The summed E-state index contributed by atoms with van der Waals surface area (Å²) in [4.78, 5) is 132. The van der Waals surface area contributed by atoms with E-state index in [4.69, 9.17) is 78.3 Å². The molecule has 27 nitrogen and oxygen atoms in total. The van der Waals surface area contributed by atoms with E-state index in [1.165, 1.54) is 52.0 Å². The third-order valence-electron chi connectivity index (χ3n) is 16.6. The number of hydrogen-bond acceptors (Lipinski definition) is 19. The molecule has 3 aliphatic heterocycles. The first kappa shape index (κ1) is 99.6. The zero-order valence-corrected chi connectivity index (χ0v) is 69.5. The maximum atomic E-state index is 12.9. The topological polar surface area (TPSA) is 400 Å². The highest BCUT2D eigenvalue weighted by Gasteiger charge is 2.34. The van der Waals surface area contributed by atoms with Crippen molar-refractivity contribution in [3.63, 3.8) is 0 Å². The lowest BCUT2D eigenvalue weighted by Gasteiger charge is -2.29. The van der Waals surface area contributed by atoms with Gasteiger partial charge in [0, 0.05) is 91.0 Å². The van der Waals surface area contributed by atoms with Crippen LogP contribution in [0.5, 0.6) is 0 Å². The Hall–Kier alpha value is -10.4. The normalized spacial score (nSPS) is 19.1. The van der Waals surface area contributed by atoms with E-state index in [1.54, 1.807) is 92.8 Å². The molecule has 0 aliphatic carbocycles. The van der Waals surface area contributed by atoms with Crippen LogP contribution in [0.1, 0.15) is 156 Å². The number of rotatable bonds is 37. The van der Waals surface area contributed by atoms with Crippen molar-refractivity contribution in [2.75, 3.05) is 21.3 Å². The average Bonchev–Trinajstić information content (AvgIpc) is 0.875. The first-order valence-corrected chi connectivity index (χ1v) is 37.3. The van der Waals surface area contributed by atoms with Crippen LogP contribution in [-0.2, 0) is 81.0 Å². The summed E-state index contributed by atoms with van der Waals surface area (Å²) in [6.07, 6.45) is 39.6. The lowest BCUT2D eigenvalue weighted by atomic mass is 9.86. The second-order valence-corrected chi connectivity index (χ2v) is 30.2. The van der Waals surface area contributed by atoms with Gasteiger partial charge in [-0.15, -0.1) is 0 Å². The summed E-state index contributed by atoms with van der Waals surface area (Å²) in [6.45, 7) is 29.7. The molecule has 0 aromatic rings. The maximum absolute atomic E-state index is 12.9. The molecule has 11 N–H and O–H groups in total. The van der Waals surface area contributed by atoms with Gasteiger partial charge in [0.05, 0.1) is 21.3 Å². The molecule has 0 aromatic heterocycles. The second-order valence-electron chi connectivity index (χ2n) is 29.0. The van der Waals surface area contributed by atoms with E-state index < -0.39 is 101 Å². The van der Waals surface area contributed by atoms with Crippen LogP contribution < -0.4 is 43.8 Å². The van der Waals surface area contributed by atoms with Crippen molar-refractivity contribution in [2.24, 2.45) is 51.7 Å². The minimum Gasteiger partial charge on any atom is -0.490 e. The maximum Gasteiger partial charge on any atom is 0.404 e. The fourth-order valence-corrected chi connectivity index (χ4v) is 10.8. The minimum atomic E-state index is -0.900. The Morgan fingerprint density at radius 3 is 1.05 bits per heavy atom. The predicted octanol–water partition coefficient (Wildman–Crippen LogP) is 12.3. The van der Waals surface area contributed by atoms with Crippen molar-refractivity contribution in [2.45, 2.75) is 204 Å². The molecule has 3 heterocycles. The highest BCUT2D eigenvalue weighted by Crippen LogP contribution is 2.27. The van der Waals surface area contributed by atoms with E-state index >= 15 is 0 Å². The van der Waals surface area contributed by atoms with Gasteiger partial charge in [-0.1, -0.05) is 213 Å². The van der Waals surface area contributed by atoms with Crippen LogP contribution in [0.4, 0.5) is 9.59 Å². The van der Waals surface area contributed by atoms with Crippen LogP contribution in [-0.4, -0.2) is 136 Å². The molecule has 8 amide bonds. The number of carbonyl (C=O) groups excluding carboxylic acids is 11. The summed E-state index contributed by atoms with van der Waals surface area (Å²) < 4.78 is 41.2. The SMILES string of the molecule is COC1=CCC(C(C)/C=C(C)/C=C/C=C\C(=O)NC(C(=O)N/C=C\CC(C/C=C(\C)Cl)OC(N)=O)C(C)C)OC1=O.COC1=CCC(C(C)/C=C(C)/C=C\C=C/C(=O)NC(C(N)=O)C(C)(C)C)OC1=O.COC1=CCC(C(C)/C=C(C)/C=C\C=C\C(=O)NC(C(=O)N/C=C\CC(C/C=C(\C)Cl)OC(N)=O)C(C)(C)C)OC1=O. The van der Waals surface area contributed by atoms with Crippen LogP contribution in [0.25, 0.3) is 0 Å². The number of halogens is 2. The number of ether oxygens (including phenoxy) is 8. The van der Waals surface area contributed by atoms with Crippen molar-refractivity contribution in [1.82, 2.24) is 26.6 Å². The number of nitrogens with one attached hydrogen (secondary N) is 5. The summed E-state index contributed by atoms with van der Waals surface area (Å²) >= 11 is 11.7. The van der Waals surface area contributed by atoms with E-state index in [-0.39, 0.29) is 65.2 Å². The van der Waals surface area contributed by atoms with Gasteiger partial charge in [-0.25, -0.2) is 24.0 Å². The quantitative estimate of drug-likeness (QED) is 0.0124. The molecule has 0 bridgehead atoms. The second kappa shape index (κ2) is 51.9. The van der Waals surface area contributed by atoms with E-state index in [9.17, 15) is 52.7 Å². The molecule has 0 saturated carbocycles. The van der Waals surface area contributed by atoms with Crippen molar-refractivity contribution in [3.8, 4) is 0 Å². The van der Waals surface area contributed by atoms with Gasteiger partial charge in [0.25, 0.3) is 0 Å². The van der Waals surface area contributed by atoms with Crippen molar-refractivity contribution in [3.05, 3.63) is 190 Å². The lowest BCUT2D eigenvalue weighted by molar-refractivity contribution is -0.152. The van der Waals surface area contributed by atoms with Gasteiger partial charge < -0.3 is 81.7 Å². The molecule has 0 spiro atoms. The molecule has 11 unspecified atom stereocenters. The molecule has 0 radical (unpaired) electrons. The smallest absolute Gasteiger partial charge is 0.404 e. The van der Waals surface area contributed by atoms with Crippen molar-refractivity contribution in [1.29, 1.82) is 0 Å². The van der Waals surface area contributed by atoms with Gasteiger partial charge >= 0.3 is 30.1 Å². The van der Waals surface area contributed by atoms with Gasteiger partial charge in [-0.2, -0.15) is 0 Å². The monoisotopic (exact) mass is 1600 g/mol. The molecule has 0 aromatic carbocycles. The van der Waals surface area contributed by atoms with Crippen LogP contribution in [0.3, 0.4) is 0 Å². The highest BCUT2D eigenvalue weighted by atomic mass is 35.5. The number of cyclic esters (lactones) is 3. The Bertz CT molecular complexity index is 3730. The number of amides is 8. The fraction of sp³-hybridized carbons (Fsp3) is 0.482. The van der Waals surface area contributed by atoms with E-state index in [0.717, 1.165) is 16.7 Å². The third kappa shape index (κ3) is 42.1. The van der Waals surface area contributed by atoms with Gasteiger partial charge in [-0.3, -0.25) is 28.8 Å². The summed E-state index contributed by atoms with van der Waals surface area (Å²) in [5, 5.41) is 14.5. The van der Waals surface area contributed by atoms with Crippen LogP contribution in [0, 0.1) is 34.5 Å². The first-order chi connectivity index (χ1) is 52.4. The van der Waals surface area contributed by atoms with E-state index in [0.29, 0.717) is 55.0 Å². The number of methoxy groups -OCH3 is 3. The number of esters is 3. The molecule has 29 heteroatoms. The lowest BCUT2D eigenvalue weighted by Crippen LogP contribution is -2.52. The number of nitrogens with two attached hydrogens (primary N) is 3. The van der Waals surface area contributed by atoms with Gasteiger partial charge in [-0.05, 0) is 82.0 Å². The Morgan fingerprint density at radius 2 is 0.777 bits per heavy atom. The number of hydrogen-bond donors (Lipinski definition) is 8. The fourth-order valence-electron chi connectivity index (χ4n) is 10.6. The molecular formula is C83H118Cl2N8O19. The number of carbonyl (C=O) groups is 11. The first-order valence-electron chi connectivity index (χ1n) is 36.6.